The Labute approximate surface area is 167 Å². The quantitative estimate of drug-likeness (QED) is 0.787. The molecule has 0 radical (unpaired) electrons. The van der Waals surface area contributed by atoms with Crippen molar-refractivity contribution in [2.24, 2.45) is 0 Å². The van der Waals surface area contributed by atoms with E-state index in [1.165, 1.54) is 38.5 Å². The molecule has 2 aromatic rings. The Morgan fingerprint density at radius 2 is 1.96 bits per heavy atom. The summed E-state index contributed by atoms with van der Waals surface area (Å²) >= 11 is 0. The zero-order chi connectivity index (χ0) is 19.6. The molecule has 148 valence electrons. The van der Waals surface area contributed by atoms with Gasteiger partial charge < -0.3 is 14.9 Å². The molecule has 5 heteroatoms. The lowest BCUT2D eigenvalue weighted by atomic mass is 9.93. The van der Waals surface area contributed by atoms with Gasteiger partial charge in [-0.3, -0.25) is 9.80 Å². The van der Waals surface area contributed by atoms with E-state index in [4.69, 9.17) is 0 Å². The molecule has 2 aromatic carbocycles. The maximum atomic E-state index is 11.0. The molecule has 1 unspecified atom stereocenters. The van der Waals surface area contributed by atoms with Crippen molar-refractivity contribution in [2.75, 3.05) is 36.7 Å². The van der Waals surface area contributed by atoms with E-state index in [2.05, 4.69) is 60.7 Å². The molecule has 5 rings (SSSR count). The Morgan fingerprint density at radius 3 is 2.71 bits per heavy atom. The first kappa shape index (κ1) is 17.8. The number of phenols is 1. The molecule has 3 aliphatic heterocycles. The highest BCUT2D eigenvalue weighted by molar-refractivity contribution is 5.74. The number of rotatable bonds is 2. The number of phenolic OH excluding ortho intramolecular Hbond substituents is 1. The van der Waals surface area contributed by atoms with Gasteiger partial charge in [-0.05, 0) is 49.2 Å². The maximum Gasteiger partial charge on any atom is 0.182 e. The first-order valence-corrected chi connectivity index (χ1v) is 10.5. The van der Waals surface area contributed by atoms with E-state index >= 15 is 0 Å². The number of nitrogens with one attached hydrogen (secondary N) is 1. The molecule has 3 heterocycles. The van der Waals surface area contributed by atoms with Crippen LogP contribution in [0.1, 0.15) is 48.9 Å². The third kappa shape index (κ3) is 2.60. The molecule has 0 spiro atoms. The number of hydrogen-bond donors (Lipinski definition) is 2. The standard InChI is InChI=1S/C23H30N4O/c1-5-25-13-24(4)10-18-9-21(28)23-19(22(18)25)12-26-14-27(23)11-17-8-16(15(2)3)6-7-20(17)26/h6-9,15,28H,5,10-14H2,1-4H3/p+1. The van der Waals surface area contributed by atoms with E-state index in [9.17, 15) is 5.11 Å². The van der Waals surface area contributed by atoms with Crippen molar-refractivity contribution in [2.45, 2.75) is 46.3 Å². The molecule has 0 aromatic heterocycles. The minimum absolute atomic E-state index is 0.471. The van der Waals surface area contributed by atoms with E-state index in [-0.39, 0.29) is 0 Å². The molecule has 0 saturated heterocycles. The average Bonchev–Trinajstić information content (AvgIpc) is 2.66. The Kier molecular flexibility index (Phi) is 4.07. The van der Waals surface area contributed by atoms with Crippen molar-refractivity contribution in [3.63, 3.8) is 0 Å². The van der Waals surface area contributed by atoms with Gasteiger partial charge in [-0.2, -0.15) is 0 Å². The van der Waals surface area contributed by atoms with E-state index in [0.29, 0.717) is 11.7 Å². The van der Waals surface area contributed by atoms with E-state index in [0.717, 1.165) is 45.2 Å². The van der Waals surface area contributed by atoms with Gasteiger partial charge in [0.15, 0.2) is 18.1 Å². The molecule has 0 amide bonds. The maximum absolute atomic E-state index is 11.0. The average molecular weight is 380 g/mol. The van der Waals surface area contributed by atoms with Crippen molar-refractivity contribution >= 4 is 17.1 Å². The Bertz CT molecular complexity index is 939. The number of anilines is 2. The Balaban J connectivity index is 1.63. The second-order valence-electron chi connectivity index (χ2n) is 8.95. The van der Waals surface area contributed by atoms with Crippen LogP contribution in [0.4, 0.5) is 17.1 Å². The van der Waals surface area contributed by atoms with Gasteiger partial charge in [0, 0.05) is 18.7 Å². The first-order chi connectivity index (χ1) is 13.5. The first-order valence-electron chi connectivity index (χ1n) is 10.5. The lowest BCUT2D eigenvalue weighted by Crippen LogP contribution is -3.10. The monoisotopic (exact) mass is 379 g/mol. The van der Waals surface area contributed by atoms with Crippen molar-refractivity contribution in [1.29, 1.82) is 0 Å². The number of quaternary nitrogens is 1. The number of benzene rings is 2. The number of aromatic hydroxyl groups is 1. The van der Waals surface area contributed by atoms with Crippen LogP contribution in [0, 0.1) is 0 Å². The second-order valence-corrected chi connectivity index (χ2v) is 8.95. The molecule has 3 aliphatic rings. The summed E-state index contributed by atoms with van der Waals surface area (Å²) in [7, 11) is 2.15. The molecule has 0 aliphatic carbocycles. The van der Waals surface area contributed by atoms with Crippen molar-refractivity contribution in [3.8, 4) is 5.75 Å². The normalized spacial score (nSPS) is 20.8. The highest BCUT2D eigenvalue weighted by Crippen LogP contribution is 2.43. The van der Waals surface area contributed by atoms with Crippen LogP contribution >= 0.6 is 0 Å². The number of hydrogen-bond acceptors (Lipinski definition) is 4. The van der Waals surface area contributed by atoms with Gasteiger partial charge >= 0.3 is 0 Å². The largest absolute Gasteiger partial charge is 0.503 e. The van der Waals surface area contributed by atoms with Crippen LogP contribution in [0.3, 0.4) is 0 Å². The molecule has 0 saturated carbocycles. The van der Waals surface area contributed by atoms with Crippen LogP contribution in [0.15, 0.2) is 24.3 Å². The Hall–Kier alpha value is -2.24. The van der Waals surface area contributed by atoms with Crippen LogP contribution in [-0.4, -0.2) is 36.9 Å². The van der Waals surface area contributed by atoms with Crippen LogP contribution in [0.2, 0.25) is 0 Å². The zero-order valence-corrected chi connectivity index (χ0v) is 17.4. The summed E-state index contributed by atoms with van der Waals surface area (Å²) in [6.07, 6.45) is 0. The highest BCUT2D eigenvalue weighted by Gasteiger charge is 2.39. The third-order valence-electron chi connectivity index (χ3n) is 6.61. The minimum Gasteiger partial charge on any atom is -0.503 e. The van der Waals surface area contributed by atoms with Crippen molar-refractivity contribution < 1.29 is 10.0 Å². The highest BCUT2D eigenvalue weighted by atomic mass is 16.3. The van der Waals surface area contributed by atoms with Gasteiger partial charge in [0.25, 0.3) is 0 Å². The van der Waals surface area contributed by atoms with Gasteiger partial charge in [-0.1, -0.05) is 19.9 Å². The van der Waals surface area contributed by atoms with Gasteiger partial charge in [0.1, 0.15) is 6.54 Å². The number of nitrogens with zero attached hydrogens (tertiary/aromatic N) is 3. The Morgan fingerprint density at radius 1 is 1.14 bits per heavy atom. The summed E-state index contributed by atoms with van der Waals surface area (Å²) in [6.45, 7) is 12.3. The summed E-state index contributed by atoms with van der Waals surface area (Å²) in [5, 5.41) is 11.0. The third-order valence-corrected chi connectivity index (χ3v) is 6.61. The summed E-state index contributed by atoms with van der Waals surface area (Å²) in [5.74, 6) is 1.01. The minimum atomic E-state index is 0.471. The molecule has 28 heavy (non-hydrogen) atoms. The second kappa shape index (κ2) is 6.39. The van der Waals surface area contributed by atoms with Crippen LogP contribution in [-0.2, 0) is 19.6 Å². The van der Waals surface area contributed by atoms with Gasteiger partial charge in [0.05, 0.1) is 30.2 Å². The molecular weight excluding hydrogens is 348 g/mol. The smallest absolute Gasteiger partial charge is 0.182 e. The summed E-state index contributed by atoms with van der Waals surface area (Å²) in [6, 6.07) is 9.00. The van der Waals surface area contributed by atoms with Gasteiger partial charge in [-0.15, -0.1) is 0 Å². The van der Waals surface area contributed by atoms with Crippen LogP contribution < -0.4 is 14.7 Å². The predicted octanol–water partition coefficient (Wildman–Crippen LogP) is 2.75. The fourth-order valence-corrected chi connectivity index (χ4v) is 5.31. The molecule has 5 nitrogen and oxygen atoms in total. The van der Waals surface area contributed by atoms with E-state index in [1.54, 1.807) is 0 Å². The van der Waals surface area contributed by atoms with Crippen molar-refractivity contribution in [1.82, 2.24) is 4.90 Å². The number of fused-ring (bicyclic) bond motifs is 8. The fraction of sp³-hybridized carbons (Fsp3) is 0.478. The van der Waals surface area contributed by atoms with Crippen molar-refractivity contribution in [3.05, 3.63) is 46.5 Å². The summed E-state index contributed by atoms with van der Waals surface area (Å²) in [4.78, 5) is 8.65. The van der Waals surface area contributed by atoms with E-state index in [1.807, 2.05) is 6.07 Å². The summed E-state index contributed by atoms with van der Waals surface area (Å²) < 4.78 is 0. The fourth-order valence-electron chi connectivity index (χ4n) is 5.31. The summed E-state index contributed by atoms with van der Waals surface area (Å²) in [5.41, 5.74) is 9.23. The lowest BCUT2D eigenvalue weighted by molar-refractivity contribution is -0.851. The van der Waals surface area contributed by atoms with Gasteiger partial charge in [0.2, 0.25) is 0 Å². The topological polar surface area (TPSA) is 34.4 Å². The van der Waals surface area contributed by atoms with Gasteiger partial charge in [-0.25, -0.2) is 0 Å². The van der Waals surface area contributed by atoms with Crippen LogP contribution in [0.5, 0.6) is 5.75 Å². The zero-order valence-electron chi connectivity index (χ0n) is 17.4. The van der Waals surface area contributed by atoms with Crippen LogP contribution in [0.25, 0.3) is 0 Å². The molecule has 2 bridgehead atoms. The molecule has 0 fully saturated rings. The van der Waals surface area contributed by atoms with E-state index < -0.39 is 0 Å². The SMILES string of the molecule is CCN1CN(C)Cc2cc(O)c3c(c21)CN1C[NH+]3Cc2cc(C(C)C)ccc21. The molecule has 2 N–H and O–H groups in total. The lowest BCUT2D eigenvalue weighted by Gasteiger charge is -2.44. The molecular formula is C23H31N4O+. The predicted molar refractivity (Wildman–Crippen MR) is 113 cm³/mol. The molecule has 1 atom stereocenters.